The van der Waals surface area contributed by atoms with Gasteiger partial charge in [0.15, 0.2) is 0 Å². The molecule has 3 N–H and O–H groups in total. The van der Waals surface area contributed by atoms with E-state index in [9.17, 15) is 4.79 Å². The van der Waals surface area contributed by atoms with Gasteiger partial charge in [0, 0.05) is 5.38 Å². The first kappa shape index (κ1) is 13.7. The number of benzene rings is 1. The lowest BCUT2D eigenvalue weighted by Gasteiger charge is -2.13. The zero-order chi connectivity index (χ0) is 13.8. The third-order valence-electron chi connectivity index (χ3n) is 2.79. The van der Waals surface area contributed by atoms with E-state index in [1.54, 1.807) is 5.38 Å². The second-order valence-electron chi connectivity index (χ2n) is 4.47. The molecule has 4 nitrogen and oxygen atoms in total. The predicted octanol–water partition coefficient (Wildman–Crippen LogP) is 2.65. The Morgan fingerprint density at radius 3 is 2.58 bits per heavy atom. The number of nitrogens with zero attached hydrogens (tertiary/aromatic N) is 1. The third kappa shape index (κ3) is 3.39. The van der Waals surface area contributed by atoms with Crippen molar-refractivity contribution in [3.8, 4) is 0 Å². The minimum Gasteiger partial charge on any atom is -0.344 e. The molecule has 0 aliphatic rings. The molecule has 1 unspecified atom stereocenters. The second kappa shape index (κ2) is 5.95. The summed E-state index contributed by atoms with van der Waals surface area (Å²) >= 11 is 1.41. The molecule has 0 spiro atoms. The lowest BCUT2D eigenvalue weighted by Crippen LogP contribution is -2.27. The van der Waals surface area contributed by atoms with E-state index >= 15 is 0 Å². The summed E-state index contributed by atoms with van der Waals surface area (Å²) in [5, 5.41) is 5.45. The first-order valence-corrected chi connectivity index (χ1v) is 7.02. The number of carbonyl (C=O) groups excluding carboxylic acids is 1. The predicted molar refractivity (Wildman–Crippen MR) is 77.0 cm³/mol. The van der Waals surface area contributed by atoms with Crippen molar-refractivity contribution in [1.29, 1.82) is 0 Å². The van der Waals surface area contributed by atoms with E-state index in [-0.39, 0.29) is 18.0 Å². The lowest BCUT2D eigenvalue weighted by molar-refractivity contribution is 0.0935. The van der Waals surface area contributed by atoms with Crippen LogP contribution in [0.3, 0.4) is 0 Å². The molecule has 5 heteroatoms. The number of thiazole rings is 1. The van der Waals surface area contributed by atoms with E-state index in [0.29, 0.717) is 5.69 Å². The Hall–Kier alpha value is -1.72. The Morgan fingerprint density at radius 2 is 2.00 bits per heavy atom. The highest BCUT2D eigenvalue weighted by Crippen LogP contribution is 2.17. The minimum atomic E-state index is -0.167. The fourth-order valence-electron chi connectivity index (χ4n) is 1.70. The van der Waals surface area contributed by atoms with E-state index in [4.69, 9.17) is 5.73 Å². The fourth-order valence-corrected chi connectivity index (χ4v) is 2.45. The van der Waals surface area contributed by atoms with Gasteiger partial charge in [0.05, 0.1) is 12.1 Å². The van der Waals surface area contributed by atoms with Crippen LogP contribution in [0.1, 0.15) is 47.0 Å². The Bertz CT molecular complexity index is 551. The summed E-state index contributed by atoms with van der Waals surface area (Å²) in [7, 11) is 0. The van der Waals surface area contributed by atoms with Gasteiger partial charge in [-0.15, -0.1) is 11.3 Å². The maximum Gasteiger partial charge on any atom is 0.271 e. The van der Waals surface area contributed by atoms with Crippen LogP contribution in [0.2, 0.25) is 0 Å². The Labute approximate surface area is 116 Å². The van der Waals surface area contributed by atoms with Crippen molar-refractivity contribution in [3.05, 3.63) is 52.0 Å². The third-order valence-corrected chi connectivity index (χ3v) is 3.84. The standard InChI is InChI=1S/C14H17N3OS/c1-9(15)14-17-12(8-19-14)13(18)16-10(2)11-6-4-3-5-7-11/h3-10H,15H2,1-2H3,(H,16,18)/t9?,10-/m0/s1. The molecule has 0 fully saturated rings. The highest BCUT2D eigenvalue weighted by atomic mass is 32.1. The molecule has 19 heavy (non-hydrogen) atoms. The van der Waals surface area contributed by atoms with Gasteiger partial charge in [0.2, 0.25) is 0 Å². The number of nitrogens with two attached hydrogens (primary N) is 1. The molecule has 0 bridgehead atoms. The molecule has 0 radical (unpaired) electrons. The normalized spacial score (nSPS) is 13.8. The molecule has 100 valence electrons. The van der Waals surface area contributed by atoms with Crippen molar-refractivity contribution in [3.63, 3.8) is 0 Å². The monoisotopic (exact) mass is 275 g/mol. The van der Waals surface area contributed by atoms with Gasteiger partial charge in [-0.05, 0) is 19.4 Å². The number of rotatable bonds is 4. The van der Waals surface area contributed by atoms with E-state index in [2.05, 4.69) is 10.3 Å². The van der Waals surface area contributed by atoms with Crippen LogP contribution in [0.25, 0.3) is 0 Å². The molecule has 0 aliphatic heterocycles. The summed E-state index contributed by atoms with van der Waals surface area (Å²) in [6.45, 7) is 3.80. The molecule has 1 heterocycles. The summed E-state index contributed by atoms with van der Waals surface area (Å²) in [5.74, 6) is -0.167. The molecule has 1 amide bonds. The number of carbonyl (C=O) groups is 1. The highest BCUT2D eigenvalue weighted by Gasteiger charge is 2.15. The number of nitrogens with one attached hydrogen (secondary N) is 1. The first-order valence-electron chi connectivity index (χ1n) is 6.14. The van der Waals surface area contributed by atoms with E-state index in [0.717, 1.165) is 10.6 Å². The first-order chi connectivity index (χ1) is 9.08. The average Bonchev–Trinajstić information content (AvgIpc) is 2.89. The summed E-state index contributed by atoms with van der Waals surface area (Å²) < 4.78 is 0. The van der Waals surface area contributed by atoms with Crippen LogP contribution in [0, 0.1) is 0 Å². The lowest BCUT2D eigenvalue weighted by atomic mass is 10.1. The van der Waals surface area contributed by atoms with Crippen molar-refractivity contribution in [1.82, 2.24) is 10.3 Å². The average molecular weight is 275 g/mol. The minimum absolute atomic E-state index is 0.0471. The van der Waals surface area contributed by atoms with Crippen molar-refractivity contribution in [2.45, 2.75) is 25.9 Å². The van der Waals surface area contributed by atoms with Crippen LogP contribution in [-0.4, -0.2) is 10.9 Å². The maximum atomic E-state index is 12.1. The van der Waals surface area contributed by atoms with Crippen LogP contribution in [0.15, 0.2) is 35.7 Å². The Kier molecular flexibility index (Phi) is 4.29. The van der Waals surface area contributed by atoms with Gasteiger partial charge in [-0.25, -0.2) is 4.98 Å². The number of aromatic nitrogens is 1. The molecular formula is C14H17N3OS. The van der Waals surface area contributed by atoms with Gasteiger partial charge in [0.1, 0.15) is 10.7 Å². The van der Waals surface area contributed by atoms with Gasteiger partial charge < -0.3 is 11.1 Å². The van der Waals surface area contributed by atoms with Crippen molar-refractivity contribution < 1.29 is 4.79 Å². The molecule has 2 atom stereocenters. The summed E-state index contributed by atoms with van der Waals surface area (Å²) in [5.41, 5.74) is 7.23. The Balaban J connectivity index is 2.04. The summed E-state index contributed by atoms with van der Waals surface area (Å²) in [6, 6.07) is 9.64. The van der Waals surface area contributed by atoms with Gasteiger partial charge >= 0.3 is 0 Å². The van der Waals surface area contributed by atoms with Crippen LogP contribution >= 0.6 is 11.3 Å². The van der Waals surface area contributed by atoms with Crippen molar-refractivity contribution >= 4 is 17.2 Å². The number of hydrogen-bond donors (Lipinski definition) is 2. The molecule has 0 saturated heterocycles. The molecule has 2 rings (SSSR count). The van der Waals surface area contributed by atoms with Crippen LogP contribution in [0.5, 0.6) is 0 Å². The number of hydrogen-bond acceptors (Lipinski definition) is 4. The highest BCUT2D eigenvalue weighted by molar-refractivity contribution is 7.09. The van der Waals surface area contributed by atoms with Crippen LogP contribution < -0.4 is 11.1 Å². The molecule has 0 aliphatic carbocycles. The van der Waals surface area contributed by atoms with Crippen molar-refractivity contribution in [2.24, 2.45) is 5.73 Å². The molecule has 1 aromatic heterocycles. The zero-order valence-electron chi connectivity index (χ0n) is 11.0. The topological polar surface area (TPSA) is 68.0 Å². The molecule has 0 saturated carbocycles. The molecular weight excluding hydrogens is 258 g/mol. The molecule has 2 aromatic rings. The van der Waals surface area contributed by atoms with Crippen LogP contribution in [-0.2, 0) is 0 Å². The van der Waals surface area contributed by atoms with E-state index in [1.807, 2.05) is 44.2 Å². The van der Waals surface area contributed by atoms with E-state index in [1.165, 1.54) is 11.3 Å². The van der Waals surface area contributed by atoms with Gasteiger partial charge in [0.25, 0.3) is 5.91 Å². The largest absolute Gasteiger partial charge is 0.344 e. The fraction of sp³-hybridized carbons (Fsp3) is 0.286. The second-order valence-corrected chi connectivity index (χ2v) is 5.36. The van der Waals surface area contributed by atoms with Gasteiger partial charge in [-0.2, -0.15) is 0 Å². The van der Waals surface area contributed by atoms with Gasteiger partial charge in [-0.1, -0.05) is 30.3 Å². The van der Waals surface area contributed by atoms with E-state index < -0.39 is 0 Å². The zero-order valence-corrected chi connectivity index (χ0v) is 11.8. The van der Waals surface area contributed by atoms with Gasteiger partial charge in [-0.3, -0.25) is 4.79 Å². The smallest absolute Gasteiger partial charge is 0.271 e. The number of amides is 1. The molecule has 1 aromatic carbocycles. The van der Waals surface area contributed by atoms with Crippen LogP contribution in [0.4, 0.5) is 0 Å². The SMILES string of the molecule is CC(N)c1nc(C(=O)N[C@@H](C)c2ccccc2)cs1. The van der Waals surface area contributed by atoms with Crippen molar-refractivity contribution in [2.75, 3.05) is 0 Å². The maximum absolute atomic E-state index is 12.1. The summed E-state index contributed by atoms with van der Waals surface area (Å²) in [4.78, 5) is 16.3. The summed E-state index contributed by atoms with van der Waals surface area (Å²) in [6.07, 6.45) is 0. The quantitative estimate of drug-likeness (QED) is 0.901. The Morgan fingerprint density at radius 1 is 1.32 bits per heavy atom.